The van der Waals surface area contributed by atoms with Gasteiger partial charge in [0, 0.05) is 16.0 Å². The molecule has 0 spiro atoms. The Morgan fingerprint density at radius 1 is 1.10 bits per heavy atom. The van der Waals surface area contributed by atoms with E-state index in [0.29, 0.717) is 0 Å². The highest BCUT2D eigenvalue weighted by molar-refractivity contribution is 7.98. The molecule has 0 radical (unpaired) electrons. The van der Waals surface area contributed by atoms with Crippen LogP contribution in [0.3, 0.4) is 0 Å². The average Bonchev–Trinajstić information content (AvgIpc) is 2.48. The highest BCUT2D eigenvalue weighted by atomic mass is 32.2. The average molecular weight is 299 g/mol. The third-order valence-electron chi connectivity index (χ3n) is 3.43. The Morgan fingerprint density at radius 3 is 2.48 bits per heavy atom. The molecule has 2 nitrogen and oxygen atoms in total. The van der Waals surface area contributed by atoms with Crippen molar-refractivity contribution in [2.45, 2.75) is 25.2 Å². The second kappa shape index (κ2) is 6.81. The second-order valence-electron chi connectivity index (χ2n) is 5.73. The highest BCUT2D eigenvalue weighted by Crippen LogP contribution is 2.25. The van der Waals surface area contributed by atoms with Gasteiger partial charge in [0.25, 0.3) is 0 Å². The zero-order valence-electron chi connectivity index (χ0n) is 12.7. The summed E-state index contributed by atoms with van der Waals surface area (Å²) in [6, 6.07) is 18.0. The Labute approximate surface area is 131 Å². The van der Waals surface area contributed by atoms with Gasteiger partial charge in [0.15, 0.2) is 0 Å². The number of benzene rings is 2. The molecule has 0 atom stereocenters. The summed E-state index contributed by atoms with van der Waals surface area (Å²) in [4.78, 5) is 13.7. The molecular formula is C18H21NOS. The Bertz CT molecular complexity index is 608. The van der Waals surface area contributed by atoms with Crippen LogP contribution in [0.1, 0.15) is 19.4 Å². The highest BCUT2D eigenvalue weighted by Gasteiger charge is 2.27. The number of thioether (sulfide) groups is 1. The van der Waals surface area contributed by atoms with Crippen LogP contribution in [0, 0.1) is 5.41 Å². The normalized spacial score (nSPS) is 11.2. The molecule has 1 N–H and O–H groups in total. The van der Waals surface area contributed by atoms with Gasteiger partial charge in [0.2, 0.25) is 5.91 Å². The SMILES string of the molecule is CSc1cccc(NC(=O)C(C)(C)Cc2ccccc2)c1. The van der Waals surface area contributed by atoms with Crippen LogP contribution in [-0.4, -0.2) is 12.2 Å². The first-order chi connectivity index (χ1) is 10.0. The van der Waals surface area contributed by atoms with Gasteiger partial charge in [-0.15, -0.1) is 11.8 Å². The smallest absolute Gasteiger partial charge is 0.230 e. The molecular weight excluding hydrogens is 278 g/mol. The van der Waals surface area contributed by atoms with Gasteiger partial charge in [0.05, 0.1) is 0 Å². The number of amides is 1. The van der Waals surface area contributed by atoms with E-state index < -0.39 is 5.41 Å². The van der Waals surface area contributed by atoms with Gasteiger partial charge in [-0.3, -0.25) is 4.79 Å². The fraction of sp³-hybridized carbons (Fsp3) is 0.278. The van der Waals surface area contributed by atoms with E-state index in [0.717, 1.165) is 17.0 Å². The zero-order valence-corrected chi connectivity index (χ0v) is 13.5. The molecule has 0 aromatic heterocycles. The van der Waals surface area contributed by atoms with Gasteiger partial charge in [-0.25, -0.2) is 0 Å². The molecule has 0 aliphatic heterocycles. The van der Waals surface area contributed by atoms with Crippen molar-refractivity contribution in [3.63, 3.8) is 0 Å². The standard InChI is InChI=1S/C18H21NOS/c1-18(2,13-14-8-5-4-6-9-14)17(20)19-15-10-7-11-16(12-15)21-3/h4-12H,13H2,1-3H3,(H,19,20). The lowest BCUT2D eigenvalue weighted by Crippen LogP contribution is -2.32. The van der Waals surface area contributed by atoms with Crippen molar-refractivity contribution in [3.05, 3.63) is 60.2 Å². The first-order valence-electron chi connectivity index (χ1n) is 7.01. The van der Waals surface area contributed by atoms with E-state index in [1.807, 2.05) is 62.6 Å². The number of carbonyl (C=O) groups excluding carboxylic acids is 1. The summed E-state index contributed by atoms with van der Waals surface area (Å²) in [6.45, 7) is 3.96. The second-order valence-corrected chi connectivity index (χ2v) is 6.61. The Hall–Kier alpha value is -1.74. The van der Waals surface area contributed by atoms with Crippen molar-refractivity contribution in [3.8, 4) is 0 Å². The van der Waals surface area contributed by atoms with Crippen molar-refractivity contribution in [1.82, 2.24) is 0 Å². The molecule has 0 unspecified atom stereocenters. The fourth-order valence-electron chi connectivity index (χ4n) is 2.19. The van der Waals surface area contributed by atoms with Crippen molar-refractivity contribution < 1.29 is 4.79 Å². The Kier molecular flexibility index (Phi) is 5.07. The van der Waals surface area contributed by atoms with Crippen molar-refractivity contribution >= 4 is 23.4 Å². The van der Waals surface area contributed by atoms with Gasteiger partial charge < -0.3 is 5.32 Å². The van der Waals surface area contributed by atoms with Crippen LogP contribution in [0.4, 0.5) is 5.69 Å². The lowest BCUT2D eigenvalue weighted by Gasteiger charge is -2.24. The lowest BCUT2D eigenvalue weighted by atomic mass is 9.84. The van der Waals surface area contributed by atoms with Gasteiger partial charge in [0.1, 0.15) is 0 Å². The zero-order chi connectivity index (χ0) is 15.3. The Balaban J connectivity index is 2.07. The molecule has 0 saturated heterocycles. The molecule has 0 aliphatic rings. The number of hydrogen-bond acceptors (Lipinski definition) is 2. The molecule has 110 valence electrons. The van der Waals surface area contributed by atoms with E-state index in [1.165, 1.54) is 5.56 Å². The van der Waals surface area contributed by atoms with Crippen molar-refractivity contribution in [2.24, 2.45) is 5.41 Å². The van der Waals surface area contributed by atoms with Crippen LogP contribution < -0.4 is 5.32 Å². The summed E-state index contributed by atoms with van der Waals surface area (Å²) in [7, 11) is 0. The van der Waals surface area contributed by atoms with E-state index in [9.17, 15) is 4.79 Å². The van der Waals surface area contributed by atoms with Crippen LogP contribution >= 0.6 is 11.8 Å². The number of anilines is 1. The van der Waals surface area contributed by atoms with Crippen molar-refractivity contribution in [1.29, 1.82) is 0 Å². The summed E-state index contributed by atoms with van der Waals surface area (Å²) < 4.78 is 0. The van der Waals surface area contributed by atoms with Gasteiger partial charge >= 0.3 is 0 Å². The predicted molar refractivity (Wildman–Crippen MR) is 90.8 cm³/mol. The molecule has 0 fully saturated rings. The van der Waals surface area contributed by atoms with E-state index in [4.69, 9.17) is 0 Å². The van der Waals surface area contributed by atoms with Crippen LogP contribution in [0.2, 0.25) is 0 Å². The number of nitrogens with one attached hydrogen (secondary N) is 1. The van der Waals surface area contributed by atoms with Crippen LogP contribution in [-0.2, 0) is 11.2 Å². The number of carbonyl (C=O) groups is 1. The third kappa shape index (κ3) is 4.36. The van der Waals surface area contributed by atoms with E-state index in [1.54, 1.807) is 11.8 Å². The maximum absolute atomic E-state index is 12.5. The third-order valence-corrected chi connectivity index (χ3v) is 4.16. The van der Waals surface area contributed by atoms with Crippen LogP contribution in [0.15, 0.2) is 59.5 Å². The maximum Gasteiger partial charge on any atom is 0.230 e. The van der Waals surface area contributed by atoms with Crippen LogP contribution in [0.5, 0.6) is 0 Å². The molecule has 0 heterocycles. The minimum absolute atomic E-state index is 0.0459. The number of hydrogen-bond donors (Lipinski definition) is 1. The van der Waals surface area contributed by atoms with E-state index in [2.05, 4.69) is 17.4 Å². The van der Waals surface area contributed by atoms with Crippen LogP contribution in [0.25, 0.3) is 0 Å². The topological polar surface area (TPSA) is 29.1 Å². The molecule has 1 amide bonds. The van der Waals surface area contributed by atoms with Gasteiger partial charge in [-0.1, -0.05) is 50.2 Å². The number of rotatable bonds is 5. The summed E-state index contributed by atoms with van der Waals surface area (Å²) in [5.41, 5.74) is 1.58. The molecule has 2 rings (SSSR count). The maximum atomic E-state index is 12.5. The largest absolute Gasteiger partial charge is 0.326 e. The molecule has 0 saturated carbocycles. The monoisotopic (exact) mass is 299 g/mol. The van der Waals surface area contributed by atoms with Gasteiger partial charge in [-0.2, -0.15) is 0 Å². The summed E-state index contributed by atoms with van der Waals surface area (Å²) in [5, 5.41) is 3.02. The fourth-order valence-corrected chi connectivity index (χ4v) is 2.65. The van der Waals surface area contributed by atoms with Gasteiger partial charge in [-0.05, 0) is 36.4 Å². The molecule has 2 aromatic rings. The Morgan fingerprint density at radius 2 is 1.81 bits per heavy atom. The summed E-state index contributed by atoms with van der Waals surface area (Å²) in [5.74, 6) is 0.0459. The molecule has 2 aromatic carbocycles. The minimum Gasteiger partial charge on any atom is -0.326 e. The molecule has 3 heteroatoms. The quantitative estimate of drug-likeness (QED) is 0.816. The minimum atomic E-state index is -0.448. The lowest BCUT2D eigenvalue weighted by molar-refractivity contribution is -0.123. The first kappa shape index (κ1) is 15.6. The molecule has 0 aliphatic carbocycles. The van der Waals surface area contributed by atoms with E-state index >= 15 is 0 Å². The summed E-state index contributed by atoms with van der Waals surface area (Å²) >= 11 is 1.67. The van der Waals surface area contributed by atoms with Crippen molar-refractivity contribution in [2.75, 3.05) is 11.6 Å². The molecule has 0 bridgehead atoms. The molecule has 21 heavy (non-hydrogen) atoms. The van der Waals surface area contributed by atoms with E-state index in [-0.39, 0.29) is 5.91 Å². The first-order valence-corrected chi connectivity index (χ1v) is 8.23. The predicted octanol–water partition coefficient (Wildman–Crippen LogP) is 4.62. The summed E-state index contributed by atoms with van der Waals surface area (Å²) in [6.07, 6.45) is 2.75.